The summed E-state index contributed by atoms with van der Waals surface area (Å²) >= 11 is 6.72. The van der Waals surface area contributed by atoms with E-state index in [9.17, 15) is 36.2 Å². The molecule has 7 rings (SSSR count). The SMILES string of the molecule is CC1CC12C[C@H](N(Cc1cc(C(F)(F)F)cc(C(F)(F)F)c1)c1ncc(-c3cn[nH]c3)cn1)CN2c1nc(N2CCC(C(=O)O)CC2)ncc1Cl. The smallest absolute Gasteiger partial charge is 0.416 e. The van der Waals surface area contributed by atoms with Crippen molar-refractivity contribution in [2.45, 2.75) is 63.1 Å². The first kappa shape index (κ1) is 34.8. The van der Waals surface area contributed by atoms with Crippen LogP contribution in [0, 0.1) is 11.8 Å². The van der Waals surface area contributed by atoms with Gasteiger partial charge in [-0.25, -0.2) is 15.0 Å². The molecule has 2 saturated heterocycles. The van der Waals surface area contributed by atoms with Crippen LogP contribution in [0.25, 0.3) is 11.1 Å². The highest BCUT2D eigenvalue weighted by molar-refractivity contribution is 6.32. The van der Waals surface area contributed by atoms with Gasteiger partial charge >= 0.3 is 18.3 Å². The van der Waals surface area contributed by atoms with Crippen molar-refractivity contribution < 1.29 is 36.2 Å². The Balaban J connectivity index is 1.24. The number of H-pyrrole nitrogens is 1. The third-order valence-electron chi connectivity index (χ3n) is 10.2. The van der Waals surface area contributed by atoms with Crippen molar-refractivity contribution in [3.8, 4) is 11.1 Å². The third-order valence-corrected chi connectivity index (χ3v) is 10.5. The number of hydrogen-bond donors (Lipinski definition) is 2. The van der Waals surface area contributed by atoms with Crippen molar-refractivity contribution in [3.05, 3.63) is 70.9 Å². The Kier molecular flexibility index (Phi) is 8.74. The number of benzene rings is 1. The van der Waals surface area contributed by atoms with Gasteiger partial charge in [-0.3, -0.25) is 9.89 Å². The number of carbonyl (C=O) groups is 1. The average molecular weight is 736 g/mol. The molecule has 2 N–H and O–H groups in total. The van der Waals surface area contributed by atoms with Crippen molar-refractivity contribution in [2.75, 3.05) is 34.3 Å². The van der Waals surface area contributed by atoms with Gasteiger partial charge in [0, 0.05) is 61.4 Å². The van der Waals surface area contributed by atoms with Gasteiger partial charge in [0.05, 0.1) is 35.5 Å². The third kappa shape index (κ3) is 6.87. The summed E-state index contributed by atoms with van der Waals surface area (Å²) in [4.78, 5) is 35.4. The molecule has 18 heteroatoms. The van der Waals surface area contributed by atoms with E-state index in [0.717, 1.165) is 18.6 Å². The van der Waals surface area contributed by atoms with Gasteiger partial charge in [-0.15, -0.1) is 0 Å². The molecule has 3 atom stereocenters. The van der Waals surface area contributed by atoms with Gasteiger partial charge < -0.3 is 19.8 Å². The predicted molar refractivity (Wildman–Crippen MR) is 174 cm³/mol. The number of nitrogens with zero attached hydrogens (tertiary/aromatic N) is 8. The van der Waals surface area contributed by atoms with E-state index in [2.05, 4.69) is 37.0 Å². The summed E-state index contributed by atoms with van der Waals surface area (Å²) < 4.78 is 83.1. The molecule has 3 aliphatic rings. The van der Waals surface area contributed by atoms with Crippen molar-refractivity contribution in [1.29, 1.82) is 0 Å². The molecule has 3 fully saturated rings. The average Bonchev–Trinajstić information content (AvgIpc) is 3.41. The van der Waals surface area contributed by atoms with E-state index in [1.807, 2.05) is 4.90 Å². The molecule has 0 amide bonds. The normalized spacial score (nSPS) is 22.5. The Morgan fingerprint density at radius 3 is 2.18 bits per heavy atom. The van der Waals surface area contributed by atoms with Gasteiger partial charge in [-0.05, 0) is 55.4 Å². The topological polar surface area (TPSA) is 127 Å². The van der Waals surface area contributed by atoms with E-state index in [1.54, 1.807) is 17.3 Å². The van der Waals surface area contributed by atoms with Crippen LogP contribution in [0.5, 0.6) is 0 Å². The van der Waals surface area contributed by atoms with E-state index in [-0.39, 0.29) is 41.6 Å². The highest BCUT2D eigenvalue weighted by Gasteiger charge is 2.62. The lowest BCUT2D eigenvalue weighted by atomic mass is 9.97. The highest BCUT2D eigenvalue weighted by Crippen LogP contribution is 2.57. The van der Waals surface area contributed by atoms with E-state index < -0.39 is 46.9 Å². The highest BCUT2D eigenvalue weighted by atomic mass is 35.5. The number of hydrogen-bond acceptors (Lipinski definition) is 9. The van der Waals surface area contributed by atoms with Crippen LogP contribution in [0.3, 0.4) is 0 Å². The molecule has 5 heterocycles. The minimum Gasteiger partial charge on any atom is -0.481 e. The molecule has 51 heavy (non-hydrogen) atoms. The van der Waals surface area contributed by atoms with Gasteiger partial charge in [0.25, 0.3) is 0 Å². The van der Waals surface area contributed by atoms with E-state index >= 15 is 0 Å². The maximum atomic E-state index is 13.9. The molecule has 11 nitrogen and oxygen atoms in total. The number of anilines is 3. The lowest BCUT2D eigenvalue weighted by molar-refractivity contribution is -0.144. The largest absolute Gasteiger partial charge is 0.481 e. The van der Waals surface area contributed by atoms with E-state index in [4.69, 9.17) is 16.6 Å². The van der Waals surface area contributed by atoms with Crippen molar-refractivity contribution in [1.82, 2.24) is 30.1 Å². The van der Waals surface area contributed by atoms with Crippen LogP contribution in [0.1, 0.15) is 49.3 Å². The number of carboxylic acid groups (broad SMARTS) is 1. The van der Waals surface area contributed by atoms with Gasteiger partial charge in [-0.2, -0.15) is 36.4 Å². The molecule has 0 radical (unpaired) electrons. The Morgan fingerprint density at radius 1 is 0.980 bits per heavy atom. The van der Waals surface area contributed by atoms with Gasteiger partial charge in [0.2, 0.25) is 11.9 Å². The van der Waals surface area contributed by atoms with E-state index in [0.29, 0.717) is 55.2 Å². The second-order valence-electron chi connectivity index (χ2n) is 13.4. The Hall–Kier alpha value is -4.67. The number of aliphatic carboxylic acids is 1. The summed E-state index contributed by atoms with van der Waals surface area (Å²) in [7, 11) is 0. The Bertz CT molecular complexity index is 1870. The monoisotopic (exact) mass is 735 g/mol. The summed E-state index contributed by atoms with van der Waals surface area (Å²) in [5, 5.41) is 16.3. The molecule has 2 aliphatic heterocycles. The zero-order valence-corrected chi connectivity index (χ0v) is 27.8. The van der Waals surface area contributed by atoms with Crippen LogP contribution < -0.4 is 14.7 Å². The first-order chi connectivity index (χ1) is 24.1. The molecule has 1 aliphatic carbocycles. The molecule has 4 aromatic rings. The fourth-order valence-electron chi connectivity index (χ4n) is 7.33. The van der Waals surface area contributed by atoms with Gasteiger partial charge in [0.1, 0.15) is 5.02 Å². The first-order valence-electron chi connectivity index (χ1n) is 16.3. The number of nitrogens with one attached hydrogen (secondary N) is 1. The Morgan fingerprint density at radius 2 is 1.63 bits per heavy atom. The maximum absolute atomic E-state index is 13.9. The van der Waals surface area contributed by atoms with Crippen LogP contribution in [0.2, 0.25) is 5.02 Å². The summed E-state index contributed by atoms with van der Waals surface area (Å²) in [6, 6.07) is 1.09. The minimum atomic E-state index is -5.01. The lowest BCUT2D eigenvalue weighted by Gasteiger charge is -2.32. The molecule has 3 aromatic heterocycles. The lowest BCUT2D eigenvalue weighted by Crippen LogP contribution is -2.40. The number of halogens is 7. The number of rotatable bonds is 8. The second-order valence-corrected chi connectivity index (χ2v) is 13.8. The molecular weight excluding hydrogens is 704 g/mol. The van der Waals surface area contributed by atoms with Crippen LogP contribution in [-0.4, -0.2) is 72.4 Å². The molecule has 1 spiro atoms. The molecule has 0 bridgehead atoms. The zero-order valence-electron chi connectivity index (χ0n) is 27.1. The van der Waals surface area contributed by atoms with Crippen molar-refractivity contribution in [2.24, 2.45) is 11.8 Å². The zero-order chi connectivity index (χ0) is 36.3. The quantitative estimate of drug-likeness (QED) is 0.189. The van der Waals surface area contributed by atoms with E-state index in [1.165, 1.54) is 18.6 Å². The molecule has 270 valence electrons. The number of alkyl halides is 6. The molecule has 2 unspecified atom stereocenters. The maximum Gasteiger partial charge on any atom is 0.416 e. The van der Waals surface area contributed by atoms with Crippen LogP contribution in [0.15, 0.2) is 49.2 Å². The van der Waals surface area contributed by atoms with Crippen LogP contribution in [-0.2, 0) is 23.7 Å². The summed E-state index contributed by atoms with van der Waals surface area (Å²) in [5.41, 5.74) is -2.16. The standard InChI is InChI=1S/C33H32ClF6N9O2/c1-18-9-31(18)10-25(17-49(31)27-26(34)15-43-30(46-27)47-4-2-20(3-5-47)28(50)51)48(29-41-11-21(12-42-29)22-13-44-45-14-22)16-19-6-23(32(35,36)37)8-24(7-19)33(38,39)40/h6-8,11-15,18,20,25H,2-5,9-10,16-17H2,1H3,(H,44,45)(H,50,51)/t18?,25-,31?/m0/s1. The fraction of sp³-hybridized carbons (Fsp3) is 0.455. The van der Waals surface area contributed by atoms with Gasteiger partial charge in [0.15, 0.2) is 5.82 Å². The predicted octanol–water partition coefficient (Wildman–Crippen LogP) is 6.71. The van der Waals surface area contributed by atoms with Crippen molar-refractivity contribution in [3.63, 3.8) is 0 Å². The summed E-state index contributed by atoms with van der Waals surface area (Å²) in [6.07, 6.45) is -0.174. The fourth-order valence-corrected chi connectivity index (χ4v) is 7.52. The number of piperidine rings is 1. The Labute approximate surface area is 292 Å². The number of aromatic amines is 1. The second kappa shape index (κ2) is 12.8. The van der Waals surface area contributed by atoms with Crippen LogP contribution >= 0.6 is 11.6 Å². The van der Waals surface area contributed by atoms with Crippen LogP contribution in [0.4, 0.5) is 44.1 Å². The summed E-state index contributed by atoms with van der Waals surface area (Å²) in [5.74, 6) is -0.162. The van der Waals surface area contributed by atoms with Crippen molar-refractivity contribution >= 4 is 35.3 Å². The molecule has 1 saturated carbocycles. The molecular formula is C33H32ClF6N9O2. The molecule has 1 aromatic carbocycles. The summed E-state index contributed by atoms with van der Waals surface area (Å²) in [6.45, 7) is 2.87. The number of carboxylic acids is 1. The minimum absolute atomic E-state index is 0.112. The number of aromatic nitrogens is 6. The van der Waals surface area contributed by atoms with Gasteiger partial charge in [-0.1, -0.05) is 18.5 Å². The first-order valence-corrected chi connectivity index (χ1v) is 16.6.